The standard InChI is InChI=1S/C25H19N5O2/c1-29-24-10-17(5-7-23(24)30(25(29)31)15-16-2-3-16)22-12-20(6-4-18(22)13-26)32-21-8-9-28-19(11-21)14-27/h4-12,16H,2-3,15H2,1H3. The summed E-state index contributed by atoms with van der Waals surface area (Å²) in [5.74, 6) is 1.61. The Morgan fingerprint density at radius 3 is 2.59 bits per heavy atom. The van der Waals surface area contributed by atoms with Crippen LogP contribution in [0.1, 0.15) is 24.1 Å². The molecule has 0 spiro atoms. The van der Waals surface area contributed by atoms with E-state index in [2.05, 4.69) is 11.1 Å². The van der Waals surface area contributed by atoms with Gasteiger partial charge in [-0.2, -0.15) is 10.5 Å². The van der Waals surface area contributed by atoms with Crippen molar-refractivity contribution in [1.29, 1.82) is 10.5 Å². The highest BCUT2D eigenvalue weighted by Gasteiger charge is 2.24. The summed E-state index contributed by atoms with van der Waals surface area (Å²) in [6.45, 7) is 0.749. The summed E-state index contributed by atoms with van der Waals surface area (Å²) in [6, 6.07) is 18.5. The molecule has 0 atom stereocenters. The summed E-state index contributed by atoms with van der Waals surface area (Å²) >= 11 is 0. The predicted molar refractivity (Wildman–Crippen MR) is 119 cm³/mol. The first kappa shape index (κ1) is 19.6. The van der Waals surface area contributed by atoms with Gasteiger partial charge in [0.05, 0.1) is 22.7 Å². The lowest BCUT2D eigenvalue weighted by Gasteiger charge is -2.10. The monoisotopic (exact) mass is 421 g/mol. The minimum absolute atomic E-state index is 0.0207. The number of pyridine rings is 1. The van der Waals surface area contributed by atoms with Crippen molar-refractivity contribution < 1.29 is 4.74 Å². The summed E-state index contributed by atoms with van der Waals surface area (Å²) in [5.41, 5.74) is 4.02. The molecule has 32 heavy (non-hydrogen) atoms. The van der Waals surface area contributed by atoms with Gasteiger partial charge in [-0.1, -0.05) is 6.07 Å². The molecule has 5 rings (SSSR count). The minimum Gasteiger partial charge on any atom is -0.457 e. The van der Waals surface area contributed by atoms with E-state index in [1.54, 1.807) is 41.9 Å². The van der Waals surface area contributed by atoms with E-state index in [1.165, 1.54) is 19.0 Å². The maximum atomic E-state index is 12.8. The van der Waals surface area contributed by atoms with Gasteiger partial charge in [0.15, 0.2) is 0 Å². The molecule has 0 bridgehead atoms. The number of rotatable bonds is 5. The van der Waals surface area contributed by atoms with E-state index in [0.29, 0.717) is 28.5 Å². The molecule has 7 heteroatoms. The van der Waals surface area contributed by atoms with Crippen LogP contribution >= 0.6 is 0 Å². The number of fused-ring (bicyclic) bond motifs is 1. The van der Waals surface area contributed by atoms with Crippen molar-refractivity contribution in [3.8, 4) is 34.8 Å². The highest BCUT2D eigenvalue weighted by Crippen LogP contribution is 2.34. The number of nitrogens with zero attached hydrogens (tertiary/aromatic N) is 5. The van der Waals surface area contributed by atoms with Crippen LogP contribution in [0.2, 0.25) is 0 Å². The van der Waals surface area contributed by atoms with Crippen molar-refractivity contribution in [2.24, 2.45) is 13.0 Å². The van der Waals surface area contributed by atoms with Gasteiger partial charge < -0.3 is 4.74 Å². The summed E-state index contributed by atoms with van der Waals surface area (Å²) < 4.78 is 9.41. The number of benzene rings is 2. The molecule has 0 saturated heterocycles. The molecule has 2 aromatic heterocycles. The number of aryl methyl sites for hydroxylation is 1. The number of hydrogen-bond acceptors (Lipinski definition) is 5. The van der Waals surface area contributed by atoms with Crippen LogP contribution in [0.4, 0.5) is 0 Å². The molecule has 0 amide bonds. The van der Waals surface area contributed by atoms with Gasteiger partial charge in [-0.05, 0) is 60.7 Å². The van der Waals surface area contributed by atoms with Crippen molar-refractivity contribution in [2.75, 3.05) is 0 Å². The summed E-state index contributed by atoms with van der Waals surface area (Å²) in [7, 11) is 1.78. The Balaban J connectivity index is 1.56. The van der Waals surface area contributed by atoms with Gasteiger partial charge in [0.1, 0.15) is 23.3 Å². The quantitative estimate of drug-likeness (QED) is 0.477. The van der Waals surface area contributed by atoms with Gasteiger partial charge in [-0.25, -0.2) is 9.78 Å². The molecule has 0 N–H and O–H groups in total. The Bertz CT molecular complexity index is 1500. The largest absolute Gasteiger partial charge is 0.457 e. The summed E-state index contributed by atoms with van der Waals surface area (Å²) in [4.78, 5) is 16.7. The topological polar surface area (TPSA) is 96.6 Å². The Kier molecular flexibility index (Phi) is 4.73. The lowest BCUT2D eigenvalue weighted by Crippen LogP contribution is -2.22. The molecule has 1 aliphatic carbocycles. The second-order valence-corrected chi connectivity index (χ2v) is 8.01. The first-order valence-corrected chi connectivity index (χ1v) is 10.3. The Morgan fingerprint density at radius 2 is 1.84 bits per heavy atom. The summed E-state index contributed by atoms with van der Waals surface area (Å²) in [6.07, 6.45) is 3.86. The fraction of sp³-hybridized carbons (Fsp3) is 0.200. The number of ether oxygens (including phenoxy) is 1. The summed E-state index contributed by atoms with van der Waals surface area (Å²) in [5, 5.41) is 18.7. The van der Waals surface area contributed by atoms with Crippen molar-refractivity contribution >= 4 is 11.0 Å². The number of imidazole rings is 1. The molecule has 156 valence electrons. The van der Waals surface area contributed by atoms with E-state index in [9.17, 15) is 10.1 Å². The van der Waals surface area contributed by atoms with E-state index >= 15 is 0 Å². The van der Waals surface area contributed by atoms with Gasteiger partial charge in [0.25, 0.3) is 0 Å². The molecule has 1 aliphatic rings. The normalized spacial score (nSPS) is 13.0. The third kappa shape index (κ3) is 3.51. The van der Waals surface area contributed by atoms with Crippen LogP contribution in [0, 0.1) is 28.6 Å². The van der Waals surface area contributed by atoms with Crippen LogP contribution in [0.3, 0.4) is 0 Å². The van der Waals surface area contributed by atoms with Crippen LogP contribution < -0.4 is 10.4 Å². The van der Waals surface area contributed by atoms with Crippen LogP contribution in [0.5, 0.6) is 11.5 Å². The molecule has 7 nitrogen and oxygen atoms in total. The second-order valence-electron chi connectivity index (χ2n) is 8.01. The van der Waals surface area contributed by atoms with Crippen LogP contribution in [-0.4, -0.2) is 14.1 Å². The van der Waals surface area contributed by atoms with E-state index in [1.807, 2.05) is 28.8 Å². The fourth-order valence-electron chi connectivity index (χ4n) is 3.91. The molecular weight excluding hydrogens is 402 g/mol. The second kappa shape index (κ2) is 7.72. The number of nitriles is 2. The molecule has 1 saturated carbocycles. The first-order valence-electron chi connectivity index (χ1n) is 10.3. The molecule has 0 radical (unpaired) electrons. The zero-order valence-corrected chi connectivity index (χ0v) is 17.4. The van der Waals surface area contributed by atoms with Crippen molar-refractivity contribution in [1.82, 2.24) is 14.1 Å². The van der Waals surface area contributed by atoms with E-state index < -0.39 is 0 Å². The number of aromatic nitrogens is 3. The third-order valence-electron chi connectivity index (χ3n) is 5.79. The molecule has 0 unspecified atom stereocenters. The third-order valence-corrected chi connectivity index (χ3v) is 5.79. The first-order chi connectivity index (χ1) is 15.6. The van der Waals surface area contributed by atoms with Gasteiger partial charge in [0.2, 0.25) is 0 Å². The Hall–Kier alpha value is -4.36. The zero-order valence-electron chi connectivity index (χ0n) is 17.4. The van der Waals surface area contributed by atoms with E-state index in [-0.39, 0.29) is 11.4 Å². The van der Waals surface area contributed by atoms with Crippen molar-refractivity contribution in [3.05, 3.63) is 76.5 Å². The highest BCUT2D eigenvalue weighted by molar-refractivity contribution is 5.84. The molecule has 1 fully saturated rings. The van der Waals surface area contributed by atoms with Crippen LogP contribution in [0.15, 0.2) is 59.5 Å². The molecular formula is C25H19N5O2. The Morgan fingerprint density at radius 1 is 1.03 bits per heavy atom. The van der Waals surface area contributed by atoms with Crippen molar-refractivity contribution in [3.63, 3.8) is 0 Å². The fourth-order valence-corrected chi connectivity index (χ4v) is 3.91. The van der Waals surface area contributed by atoms with Gasteiger partial charge in [-0.3, -0.25) is 9.13 Å². The highest BCUT2D eigenvalue weighted by atomic mass is 16.5. The maximum Gasteiger partial charge on any atom is 0.328 e. The maximum absolute atomic E-state index is 12.8. The van der Waals surface area contributed by atoms with Crippen LogP contribution in [-0.2, 0) is 13.6 Å². The zero-order chi connectivity index (χ0) is 22.2. The van der Waals surface area contributed by atoms with Gasteiger partial charge >= 0.3 is 5.69 Å². The van der Waals surface area contributed by atoms with Gasteiger partial charge in [-0.15, -0.1) is 0 Å². The van der Waals surface area contributed by atoms with Crippen LogP contribution in [0.25, 0.3) is 22.2 Å². The number of hydrogen-bond donors (Lipinski definition) is 0. The van der Waals surface area contributed by atoms with Gasteiger partial charge in [0, 0.05) is 31.4 Å². The lowest BCUT2D eigenvalue weighted by atomic mass is 9.99. The smallest absolute Gasteiger partial charge is 0.328 e. The predicted octanol–water partition coefficient (Wildman–Crippen LogP) is 4.35. The average Bonchev–Trinajstić information content (AvgIpc) is 3.62. The minimum atomic E-state index is -0.0207. The SMILES string of the molecule is Cn1c(=O)n(CC2CC2)c2ccc(-c3cc(Oc4ccnc(C#N)c4)ccc3C#N)cc21. The molecule has 2 aromatic carbocycles. The van der Waals surface area contributed by atoms with E-state index in [4.69, 9.17) is 10.00 Å². The average molecular weight is 421 g/mol. The van der Waals surface area contributed by atoms with Crippen molar-refractivity contribution in [2.45, 2.75) is 19.4 Å². The van der Waals surface area contributed by atoms with E-state index in [0.717, 1.165) is 23.1 Å². The molecule has 4 aromatic rings. The lowest BCUT2D eigenvalue weighted by molar-refractivity contribution is 0.482. The Labute approximate surface area is 184 Å². The molecule has 0 aliphatic heterocycles. The molecule has 2 heterocycles.